The molecule has 0 bridgehead atoms. The summed E-state index contributed by atoms with van der Waals surface area (Å²) in [5.41, 5.74) is 0.505. The summed E-state index contributed by atoms with van der Waals surface area (Å²) < 4.78 is 33.0. The van der Waals surface area contributed by atoms with Gasteiger partial charge >= 0.3 is 5.97 Å². The number of nitrogens with one attached hydrogen (secondary N) is 1. The van der Waals surface area contributed by atoms with Crippen LogP contribution in [0.3, 0.4) is 0 Å². The minimum Gasteiger partial charge on any atom is -0.491 e. The second-order valence-corrected chi connectivity index (χ2v) is 9.67. The highest BCUT2D eigenvalue weighted by molar-refractivity contribution is 7.89. The average molecular weight is 479 g/mol. The number of aliphatic carboxylic acids is 1. The van der Waals surface area contributed by atoms with Crippen LogP contribution in [-0.2, 0) is 14.8 Å². The zero-order chi connectivity index (χ0) is 24.2. The molecule has 2 N–H and O–H groups in total. The Bertz CT molecular complexity index is 1110. The first-order valence-electron chi connectivity index (χ1n) is 10.3. The molecule has 178 valence electrons. The Morgan fingerprint density at radius 1 is 1.15 bits per heavy atom. The molecule has 12 heteroatoms. The summed E-state index contributed by atoms with van der Waals surface area (Å²) in [6.45, 7) is 4.55. The molecule has 33 heavy (non-hydrogen) atoms. The van der Waals surface area contributed by atoms with Gasteiger partial charge in [-0.25, -0.2) is 8.42 Å². The van der Waals surface area contributed by atoms with Gasteiger partial charge in [0.2, 0.25) is 10.0 Å². The molecule has 0 aromatic heterocycles. The molecule has 0 spiro atoms. The van der Waals surface area contributed by atoms with Gasteiger partial charge in [-0.1, -0.05) is 0 Å². The van der Waals surface area contributed by atoms with Crippen LogP contribution in [0, 0.1) is 10.1 Å². The molecular formula is C21H26N4O7S. The van der Waals surface area contributed by atoms with Crippen LogP contribution in [0.4, 0.5) is 17.1 Å². The van der Waals surface area contributed by atoms with E-state index in [0.717, 1.165) is 0 Å². The van der Waals surface area contributed by atoms with Crippen molar-refractivity contribution < 1.29 is 28.0 Å². The van der Waals surface area contributed by atoms with Gasteiger partial charge in [0.25, 0.3) is 5.69 Å². The molecule has 1 heterocycles. The predicted octanol–water partition coefficient (Wildman–Crippen LogP) is 2.39. The van der Waals surface area contributed by atoms with E-state index in [1.54, 1.807) is 18.2 Å². The highest BCUT2D eigenvalue weighted by atomic mass is 32.2. The Hall–Kier alpha value is -3.38. The topological polar surface area (TPSA) is 142 Å². The summed E-state index contributed by atoms with van der Waals surface area (Å²) in [4.78, 5) is 23.6. The van der Waals surface area contributed by atoms with Crippen LogP contribution in [0.5, 0.6) is 5.75 Å². The number of hydrogen-bond acceptors (Lipinski definition) is 8. The lowest BCUT2D eigenvalue weighted by atomic mass is 10.2. The molecule has 0 aliphatic carbocycles. The van der Waals surface area contributed by atoms with E-state index in [1.165, 1.54) is 28.6 Å². The van der Waals surface area contributed by atoms with Gasteiger partial charge < -0.3 is 20.1 Å². The number of rotatable bonds is 9. The number of hydrogen-bond donors (Lipinski definition) is 2. The number of carboxylic acid groups (broad SMARTS) is 1. The summed E-state index contributed by atoms with van der Waals surface area (Å²) in [7, 11) is -3.67. The molecule has 1 aliphatic rings. The van der Waals surface area contributed by atoms with Crippen molar-refractivity contribution in [2.24, 2.45) is 0 Å². The third-order valence-corrected chi connectivity index (χ3v) is 6.96. The summed E-state index contributed by atoms with van der Waals surface area (Å²) in [5, 5.41) is 22.7. The van der Waals surface area contributed by atoms with Crippen molar-refractivity contribution in [2.45, 2.75) is 24.8 Å². The number of piperazine rings is 1. The second kappa shape index (κ2) is 10.0. The van der Waals surface area contributed by atoms with E-state index in [4.69, 9.17) is 9.84 Å². The average Bonchev–Trinajstić information content (AvgIpc) is 2.77. The van der Waals surface area contributed by atoms with Gasteiger partial charge in [-0.15, -0.1) is 0 Å². The maximum atomic E-state index is 13.0. The van der Waals surface area contributed by atoms with E-state index in [-0.39, 0.29) is 35.5 Å². The number of anilines is 2. The normalized spacial score (nSPS) is 14.8. The Kier molecular flexibility index (Phi) is 7.39. The van der Waals surface area contributed by atoms with Gasteiger partial charge in [-0.3, -0.25) is 14.9 Å². The highest BCUT2D eigenvalue weighted by Crippen LogP contribution is 2.30. The number of carbonyl (C=O) groups is 1. The summed E-state index contributed by atoms with van der Waals surface area (Å²) in [6.07, 6.45) is -0.0141. The summed E-state index contributed by atoms with van der Waals surface area (Å²) >= 11 is 0. The number of nitrogens with zero attached hydrogens (tertiary/aromatic N) is 3. The quantitative estimate of drug-likeness (QED) is 0.410. The molecule has 2 aromatic carbocycles. The van der Waals surface area contributed by atoms with E-state index in [1.807, 2.05) is 18.7 Å². The molecule has 0 amide bonds. The summed E-state index contributed by atoms with van der Waals surface area (Å²) in [6, 6.07) is 10.7. The Morgan fingerprint density at radius 2 is 1.79 bits per heavy atom. The minimum absolute atomic E-state index is 0.0141. The molecule has 11 nitrogen and oxygen atoms in total. The second-order valence-electron chi connectivity index (χ2n) is 7.73. The van der Waals surface area contributed by atoms with Gasteiger partial charge in [-0.2, -0.15) is 4.31 Å². The maximum Gasteiger partial charge on any atom is 0.322 e. The number of benzene rings is 2. The van der Waals surface area contributed by atoms with Crippen LogP contribution in [0.25, 0.3) is 0 Å². The summed E-state index contributed by atoms with van der Waals surface area (Å²) in [5.74, 6) is -0.545. The number of ether oxygens (including phenoxy) is 1. The lowest BCUT2D eigenvalue weighted by molar-refractivity contribution is -0.383. The third-order valence-electron chi connectivity index (χ3n) is 5.04. The van der Waals surface area contributed by atoms with Crippen LogP contribution in [0.1, 0.15) is 13.8 Å². The largest absolute Gasteiger partial charge is 0.491 e. The van der Waals surface area contributed by atoms with E-state index < -0.39 is 27.5 Å². The van der Waals surface area contributed by atoms with Crippen LogP contribution < -0.4 is 15.0 Å². The van der Waals surface area contributed by atoms with Gasteiger partial charge in [0.1, 0.15) is 18.0 Å². The van der Waals surface area contributed by atoms with Crippen molar-refractivity contribution in [3.05, 3.63) is 52.6 Å². The van der Waals surface area contributed by atoms with Crippen LogP contribution in [0.2, 0.25) is 0 Å². The molecule has 0 radical (unpaired) electrons. The number of carboxylic acids is 1. The molecule has 3 rings (SSSR count). The number of nitro benzene ring substituents is 1. The van der Waals surface area contributed by atoms with Crippen LogP contribution >= 0.6 is 0 Å². The highest BCUT2D eigenvalue weighted by Gasteiger charge is 2.29. The zero-order valence-corrected chi connectivity index (χ0v) is 19.1. The third kappa shape index (κ3) is 5.90. The number of nitro groups is 1. The standard InChI is InChI=1S/C21H26N4O7S/c1-15(2)32-17-4-6-18(7-5-17)33(30,31)24-11-9-23(10-12-24)16-3-8-20(25(28)29)19(13-16)22-14-21(26)27/h3-8,13,15,22H,9-12,14H2,1-2H3,(H,26,27). The van der Waals surface area contributed by atoms with E-state index >= 15 is 0 Å². The first-order chi connectivity index (χ1) is 15.6. The molecule has 0 unspecified atom stereocenters. The smallest absolute Gasteiger partial charge is 0.322 e. The van der Waals surface area contributed by atoms with Gasteiger partial charge in [-0.05, 0) is 50.2 Å². The first kappa shape index (κ1) is 24.3. The van der Waals surface area contributed by atoms with Crippen molar-refractivity contribution >= 4 is 33.1 Å². The van der Waals surface area contributed by atoms with Crippen molar-refractivity contribution in [3.8, 4) is 5.75 Å². The van der Waals surface area contributed by atoms with Gasteiger partial charge in [0.05, 0.1) is 15.9 Å². The zero-order valence-electron chi connectivity index (χ0n) is 18.3. The van der Waals surface area contributed by atoms with Crippen molar-refractivity contribution in [3.63, 3.8) is 0 Å². The SMILES string of the molecule is CC(C)Oc1ccc(S(=O)(=O)N2CCN(c3ccc([N+](=O)[O-])c(NCC(=O)O)c3)CC2)cc1. The monoisotopic (exact) mass is 478 g/mol. The Labute approximate surface area is 191 Å². The van der Waals surface area contributed by atoms with Crippen LogP contribution in [-0.4, -0.2) is 67.5 Å². The first-order valence-corrected chi connectivity index (χ1v) is 11.8. The van der Waals surface area contributed by atoms with Gasteiger partial charge in [0, 0.05) is 37.9 Å². The minimum atomic E-state index is -3.67. The fraction of sp³-hybridized carbons (Fsp3) is 0.381. The fourth-order valence-electron chi connectivity index (χ4n) is 3.49. The maximum absolute atomic E-state index is 13.0. The van der Waals surface area contributed by atoms with Crippen molar-refractivity contribution in [1.82, 2.24) is 4.31 Å². The lowest BCUT2D eigenvalue weighted by Gasteiger charge is -2.35. The Balaban J connectivity index is 1.70. The van der Waals surface area contributed by atoms with E-state index in [0.29, 0.717) is 24.5 Å². The van der Waals surface area contributed by atoms with E-state index in [9.17, 15) is 23.3 Å². The number of sulfonamides is 1. The molecule has 1 aliphatic heterocycles. The molecule has 1 saturated heterocycles. The van der Waals surface area contributed by atoms with Gasteiger partial charge in [0.15, 0.2) is 0 Å². The predicted molar refractivity (Wildman–Crippen MR) is 122 cm³/mol. The van der Waals surface area contributed by atoms with Crippen LogP contribution in [0.15, 0.2) is 47.4 Å². The van der Waals surface area contributed by atoms with E-state index in [2.05, 4.69) is 5.32 Å². The molecular weight excluding hydrogens is 452 g/mol. The molecule has 0 atom stereocenters. The van der Waals surface area contributed by atoms with Crippen molar-refractivity contribution in [2.75, 3.05) is 42.9 Å². The molecule has 1 fully saturated rings. The fourth-order valence-corrected chi connectivity index (χ4v) is 4.91. The molecule has 2 aromatic rings. The van der Waals surface area contributed by atoms with Crippen molar-refractivity contribution in [1.29, 1.82) is 0 Å². The lowest BCUT2D eigenvalue weighted by Crippen LogP contribution is -2.48. The Morgan fingerprint density at radius 3 is 2.33 bits per heavy atom. The molecule has 0 saturated carbocycles.